The van der Waals surface area contributed by atoms with Gasteiger partial charge in [0, 0.05) is 6.08 Å². The lowest BCUT2D eigenvalue weighted by atomic mass is 9.99. The number of aromatic hydroxyl groups is 3. The average Bonchev–Trinajstić information content (AvgIpc) is 3.02. The van der Waals surface area contributed by atoms with Gasteiger partial charge in [-0.25, -0.2) is 4.79 Å². The van der Waals surface area contributed by atoms with Gasteiger partial charge in [0.2, 0.25) is 6.29 Å². The highest BCUT2D eigenvalue weighted by molar-refractivity contribution is 5.87. The van der Waals surface area contributed by atoms with Crippen molar-refractivity contribution in [3.05, 3.63) is 53.6 Å². The number of hydrogen-bond donors (Lipinski definition) is 10. The predicted octanol–water partition coefficient (Wildman–Crippen LogP) is -2.39. The maximum atomic E-state index is 12.6. The zero-order valence-corrected chi connectivity index (χ0v) is 23.6. The van der Waals surface area contributed by atoms with Crippen LogP contribution in [0.2, 0.25) is 0 Å². The van der Waals surface area contributed by atoms with E-state index in [1.54, 1.807) is 6.07 Å². The summed E-state index contributed by atoms with van der Waals surface area (Å²) in [6.45, 7) is -1.39. The fraction of sp³-hybridized carbons (Fsp3) is 0.483. The Kier molecular flexibility index (Phi) is 11.6. The molecule has 0 spiro atoms. The summed E-state index contributed by atoms with van der Waals surface area (Å²) in [5.41, 5.74) is 0.871. The van der Waals surface area contributed by atoms with E-state index in [0.717, 1.165) is 6.08 Å². The van der Waals surface area contributed by atoms with Crippen molar-refractivity contribution in [2.75, 3.05) is 19.8 Å². The van der Waals surface area contributed by atoms with Gasteiger partial charge in [0.25, 0.3) is 0 Å². The van der Waals surface area contributed by atoms with Gasteiger partial charge in [-0.05, 0) is 47.9 Å². The molecule has 4 rings (SSSR count). The molecule has 0 aromatic heterocycles. The Morgan fingerprint density at radius 3 is 2.11 bits per heavy atom. The van der Waals surface area contributed by atoms with Crippen LogP contribution in [-0.2, 0) is 30.2 Å². The monoisotopic (exact) mass is 640 g/mol. The Hall–Kier alpha value is -3.55. The molecular weight excluding hydrogens is 604 g/mol. The predicted molar refractivity (Wildman–Crippen MR) is 149 cm³/mol. The maximum Gasteiger partial charge on any atom is 0.331 e. The molecule has 0 amide bonds. The second kappa shape index (κ2) is 15.2. The third-order valence-electron chi connectivity index (χ3n) is 7.27. The number of carbonyl (C=O) groups excluding carboxylic acids is 1. The van der Waals surface area contributed by atoms with Gasteiger partial charge in [-0.1, -0.05) is 12.1 Å². The van der Waals surface area contributed by atoms with Crippen molar-refractivity contribution >= 4 is 12.0 Å². The fourth-order valence-electron chi connectivity index (χ4n) is 4.71. The molecule has 45 heavy (non-hydrogen) atoms. The Labute approximate surface area is 256 Å². The summed E-state index contributed by atoms with van der Waals surface area (Å²) in [7, 11) is 0. The first kappa shape index (κ1) is 34.3. The molecular formula is C29H36O16. The molecule has 2 saturated heterocycles. The van der Waals surface area contributed by atoms with Crippen LogP contribution in [0.5, 0.6) is 23.0 Å². The van der Waals surface area contributed by atoms with E-state index in [9.17, 15) is 55.9 Å². The van der Waals surface area contributed by atoms with Gasteiger partial charge >= 0.3 is 5.97 Å². The highest BCUT2D eigenvalue weighted by Gasteiger charge is 2.47. The molecule has 10 atom stereocenters. The van der Waals surface area contributed by atoms with E-state index >= 15 is 0 Å². The molecule has 2 aliphatic heterocycles. The van der Waals surface area contributed by atoms with Crippen molar-refractivity contribution in [1.29, 1.82) is 0 Å². The van der Waals surface area contributed by atoms with E-state index < -0.39 is 86.3 Å². The molecule has 0 radical (unpaired) electrons. The minimum absolute atomic E-state index is 0.0413. The minimum atomic E-state index is -1.70. The van der Waals surface area contributed by atoms with Crippen LogP contribution >= 0.6 is 0 Å². The zero-order chi connectivity index (χ0) is 32.8. The summed E-state index contributed by atoms with van der Waals surface area (Å²) in [6.07, 6.45) is -12.8. The fourth-order valence-corrected chi connectivity index (χ4v) is 4.71. The van der Waals surface area contributed by atoms with Gasteiger partial charge in [0.15, 0.2) is 35.4 Å². The number of benzene rings is 2. The van der Waals surface area contributed by atoms with E-state index in [1.807, 2.05) is 0 Å². The molecule has 0 saturated carbocycles. The molecule has 2 aromatic carbocycles. The highest BCUT2D eigenvalue weighted by Crippen LogP contribution is 2.32. The first-order valence-electron chi connectivity index (χ1n) is 13.9. The number of esters is 1. The summed E-state index contributed by atoms with van der Waals surface area (Å²) >= 11 is 0. The van der Waals surface area contributed by atoms with Crippen LogP contribution in [0, 0.1) is 0 Å². The normalized spacial score (nSPS) is 32.0. The van der Waals surface area contributed by atoms with Gasteiger partial charge in [0.1, 0.15) is 42.7 Å². The number of ether oxygens (including phenoxy) is 5. The largest absolute Gasteiger partial charge is 0.504 e. The van der Waals surface area contributed by atoms with E-state index in [0.29, 0.717) is 5.56 Å². The van der Waals surface area contributed by atoms with E-state index in [4.69, 9.17) is 23.7 Å². The second-order valence-corrected chi connectivity index (χ2v) is 10.4. The standard InChI is InChI=1S/C29H36O16/c30-11-19-22(36)24(38)25(39)29(44-19)42-18-5-2-13(10-17(18)34)3-6-21(35)45-27-23(37)20(12-31)43-28(26(27)40)41-8-7-14-1-4-15(32)16(33)9-14/h1-6,9-10,19-20,22-34,36-40H,7-8,11-12H2. The summed E-state index contributed by atoms with van der Waals surface area (Å²) in [6, 6.07) is 8.02. The number of rotatable bonds is 11. The van der Waals surface area contributed by atoms with Gasteiger partial charge in [-0.2, -0.15) is 0 Å². The molecule has 2 heterocycles. The van der Waals surface area contributed by atoms with Crippen LogP contribution in [0.3, 0.4) is 0 Å². The summed E-state index contributed by atoms with van der Waals surface area (Å²) in [4.78, 5) is 12.6. The molecule has 10 unspecified atom stereocenters. The van der Waals surface area contributed by atoms with Crippen LogP contribution < -0.4 is 4.74 Å². The van der Waals surface area contributed by atoms with Gasteiger partial charge < -0.3 is 74.7 Å². The number of phenolic OH excluding ortho intramolecular Hbond substituents is 3. The molecule has 248 valence electrons. The first-order chi connectivity index (χ1) is 21.4. The summed E-state index contributed by atoms with van der Waals surface area (Å²) < 4.78 is 26.9. The minimum Gasteiger partial charge on any atom is -0.504 e. The quantitative estimate of drug-likeness (QED) is 0.0697. The topological polar surface area (TPSA) is 266 Å². The second-order valence-electron chi connectivity index (χ2n) is 10.4. The van der Waals surface area contributed by atoms with Crippen LogP contribution in [0.25, 0.3) is 6.08 Å². The number of phenols is 3. The number of hydrogen-bond acceptors (Lipinski definition) is 16. The lowest BCUT2D eigenvalue weighted by molar-refractivity contribution is -0.302. The summed E-state index contributed by atoms with van der Waals surface area (Å²) in [5.74, 6) is -2.26. The lowest BCUT2D eigenvalue weighted by Crippen LogP contribution is -2.60. The Bertz CT molecular complexity index is 1320. The van der Waals surface area contributed by atoms with Crippen LogP contribution in [0.1, 0.15) is 11.1 Å². The van der Waals surface area contributed by atoms with Crippen molar-refractivity contribution in [2.24, 2.45) is 0 Å². The Morgan fingerprint density at radius 1 is 0.756 bits per heavy atom. The van der Waals surface area contributed by atoms with Crippen LogP contribution in [-0.4, -0.2) is 138 Å². The smallest absolute Gasteiger partial charge is 0.331 e. The molecule has 0 bridgehead atoms. The molecule has 2 aliphatic rings. The average molecular weight is 641 g/mol. The third kappa shape index (κ3) is 8.19. The van der Waals surface area contributed by atoms with Crippen LogP contribution in [0.15, 0.2) is 42.5 Å². The maximum absolute atomic E-state index is 12.6. The van der Waals surface area contributed by atoms with Crippen molar-refractivity contribution < 1.29 is 79.5 Å². The highest BCUT2D eigenvalue weighted by atomic mass is 16.7. The third-order valence-corrected chi connectivity index (χ3v) is 7.27. The number of aliphatic hydroxyl groups excluding tert-OH is 7. The Balaban J connectivity index is 1.35. The number of aliphatic hydroxyl groups is 7. The number of carbonyl (C=O) groups is 1. The first-order valence-corrected chi connectivity index (χ1v) is 13.9. The van der Waals surface area contributed by atoms with Crippen molar-refractivity contribution in [3.63, 3.8) is 0 Å². The molecule has 16 nitrogen and oxygen atoms in total. The Morgan fingerprint density at radius 2 is 1.44 bits per heavy atom. The zero-order valence-electron chi connectivity index (χ0n) is 23.6. The SMILES string of the molecule is O=C(C=Cc1ccc(OC2OC(CO)C(O)C(O)C2O)c(O)c1)OC1C(O)C(CO)OC(OCCc2ccc(O)c(O)c2)C1O. The molecule has 2 fully saturated rings. The summed E-state index contributed by atoms with van der Waals surface area (Å²) in [5, 5.41) is 99.6. The van der Waals surface area contributed by atoms with Crippen molar-refractivity contribution in [3.8, 4) is 23.0 Å². The molecule has 16 heteroatoms. The van der Waals surface area contributed by atoms with E-state index in [-0.39, 0.29) is 35.8 Å². The molecule has 10 N–H and O–H groups in total. The van der Waals surface area contributed by atoms with Crippen molar-refractivity contribution in [2.45, 2.75) is 67.8 Å². The van der Waals surface area contributed by atoms with Gasteiger partial charge in [-0.3, -0.25) is 0 Å². The lowest BCUT2D eigenvalue weighted by Gasteiger charge is -2.41. The van der Waals surface area contributed by atoms with Crippen LogP contribution in [0.4, 0.5) is 0 Å². The molecule has 0 aliphatic carbocycles. The van der Waals surface area contributed by atoms with Gasteiger partial charge in [0.05, 0.1) is 19.8 Å². The molecule has 2 aromatic rings. The van der Waals surface area contributed by atoms with E-state index in [1.165, 1.54) is 36.4 Å². The van der Waals surface area contributed by atoms with E-state index in [2.05, 4.69) is 0 Å². The van der Waals surface area contributed by atoms with Crippen molar-refractivity contribution in [1.82, 2.24) is 0 Å². The van der Waals surface area contributed by atoms with Gasteiger partial charge in [-0.15, -0.1) is 0 Å².